The Labute approximate surface area is 174 Å². The zero-order valence-corrected chi connectivity index (χ0v) is 17.0. The van der Waals surface area contributed by atoms with Crippen molar-refractivity contribution in [2.45, 2.75) is 18.1 Å². The lowest BCUT2D eigenvalue weighted by Crippen LogP contribution is -2.40. The van der Waals surface area contributed by atoms with E-state index in [1.54, 1.807) is 11.8 Å². The van der Waals surface area contributed by atoms with Gasteiger partial charge in [-0.1, -0.05) is 36.4 Å². The minimum atomic E-state index is 0.0837. The fourth-order valence-electron chi connectivity index (χ4n) is 3.85. The molecule has 1 aliphatic carbocycles. The van der Waals surface area contributed by atoms with Crippen LogP contribution >= 0.6 is 11.8 Å². The number of thioether (sulfide) groups is 1. The van der Waals surface area contributed by atoms with Crippen molar-refractivity contribution in [2.75, 3.05) is 31.6 Å². The molecular weight excluding hydrogens is 384 g/mol. The minimum Gasteiger partial charge on any atom is -0.378 e. The average molecular weight is 407 g/mol. The zero-order chi connectivity index (χ0) is 19.8. The molecule has 0 saturated carbocycles. The molecule has 3 heterocycles. The first-order valence-electron chi connectivity index (χ1n) is 9.82. The van der Waals surface area contributed by atoms with Crippen molar-refractivity contribution in [2.24, 2.45) is 0 Å². The van der Waals surface area contributed by atoms with Gasteiger partial charge < -0.3 is 15.0 Å². The third kappa shape index (κ3) is 3.56. The molecule has 6 nitrogen and oxygen atoms in total. The smallest absolute Gasteiger partial charge is 0.260 e. The third-order valence-electron chi connectivity index (χ3n) is 5.48. The average Bonchev–Trinajstić information content (AvgIpc) is 3.20. The number of carbonyl (C=O) groups is 1. The van der Waals surface area contributed by atoms with E-state index in [1.165, 1.54) is 0 Å². The fraction of sp³-hybridized carbons (Fsp3) is 0.318. The van der Waals surface area contributed by atoms with Crippen molar-refractivity contribution in [1.82, 2.24) is 14.9 Å². The highest BCUT2D eigenvalue weighted by molar-refractivity contribution is 8.05. The van der Waals surface area contributed by atoms with Crippen LogP contribution in [0, 0.1) is 6.92 Å². The molecule has 0 radical (unpaired) electrons. The molecule has 7 heteroatoms. The number of hydrogen-bond acceptors (Lipinski definition) is 6. The molecule has 2 unspecified atom stereocenters. The van der Waals surface area contributed by atoms with E-state index in [4.69, 9.17) is 9.72 Å². The Bertz CT molecular complexity index is 1010. The highest BCUT2D eigenvalue weighted by atomic mass is 32.2. The first kappa shape index (κ1) is 18.4. The number of nitrogens with one attached hydrogen (secondary N) is 1. The number of morpholine rings is 1. The number of ether oxygens (including phenoxy) is 1. The molecule has 3 aliphatic rings. The van der Waals surface area contributed by atoms with Gasteiger partial charge in [-0.3, -0.25) is 4.79 Å². The summed E-state index contributed by atoms with van der Waals surface area (Å²) in [5.74, 6) is 0.772. The Kier molecular flexibility index (Phi) is 4.85. The number of aryl methyl sites for hydroxylation is 1. The number of para-hydroxylation sites is 1. The van der Waals surface area contributed by atoms with E-state index >= 15 is 0 Å². The number of nitrogens with zero attached hydrogens (tertiary/aromatic N) is 3. The van der Waals surface area contributed by atoms with Gasteiger partial charge in [-0.05, 0) is 18.6 Å². The summed E-state index contributed by atoms with van der Waals surface area (Å²) < 4.78 is 5.37. The summed E-state index contributed by atoms with van der Waals surface area (Å²) in [6.45, 7) is 4.59. The maximum Gasteiger partial charge on any atom is 0.260 e. The molecule has 0 spiro atoms. The van der Waals surface area contributed by atoms with Crippen LogP contribution in [0.1, 0.15) is 22.7 Å². The van der Waals surface area contributed by atoms with Crippen LogP contribution in [-0.2, 0) is 9.53 Å². The van der Waals surface area contributed by atoms with E-state index in [0.717, 1.165) is 27.4 Å². The largest absolute Gasteiger partial charge is 0.378 e. The molecular formula is C22H22N4O2S. The highest BCUT2D eigenvalue weighted by Gasteiger charge is 2.36. The Morgan fingerprint density at radius 2 is 2.10 bits per heavy atom. The highest BCUT2D eigenvalue weighted by Crippen LogP contribution is 2.46. The Morgan fingerprint density at radius 3 is 2.93 bits per heavy atom. The van der Waals surface area contributed by atoms with Crippen molar-refractivity contribution in [3.05, 3.63) is 64.3 Å². The number of amides is 1. The van der Waals surface area contributed by atoms with E-state index in [9.17, 15) is 4.79 Å². The van der Waals surface area contributed by atoms with Gasteiger partial charge in [-0.25, -0.2) is 9.97 Å². The van der Waals surface area contributed by atoms with Crippen molar-refractivity contribution >= 4 is 35.4 Å². The van der Waals surface area contributed by atoms with Crippen LogP contribution in [0.2, 0.25) is 0 Å². The van der Waals surface area contributed by atoms with Crippen LogP contribution < -0.4 is 5.32 Å². The number of benzene rings is 1. The van der Waals surface area contributed by atoms with Gasteiger partial charge in [0.2, 0.25) is 5.95 Å². The number of rotatable bonds is 3. The molecule has 5 rings (SSSR count). The normalized spacial score (nSPS) is 22.7. The van der Waals surface area contributed by atoms with Gasteiger partial charge in [-0.2, -0.15) is 0 Å². The maximum atomic E-state index is 12.9. The van der Waals surface area contributed by atoms with Crippen LogP contribution in [0.5, 0.6) is 0 Å². The first-order valence-corrected chi connectivity index (χ1v) is 10.7. The molecule has 1 saturated heterocycles. The molecule has 1 fully saturated rings. The number of aromatic nitrogens is 2. The number of allylic oxidation sites excluding steroid dienone is 1. The van der Waals surface area contributed by atoms with Crippen molar-refractivity contribution in [3.8, 4) is 0 Å². The molecule has 2 aromatic rings. The van der Waals surface area contributed by atoms with Crippen molar-refractivity contribution < 1.29 is 9.53 Å². The molecule has 2 atom stereocenters. The fourth-order valence-corrected chi connectivity index (χ4v) is 5.11. The van der Waals surface area contributed by atoms with Gasteiger partial charge in [0.1, 0.15) is 0 Å². The van der Waals surface area contributed by atoms with Gasteiger partial charge in [0, 0.05) is 41.7 Å². The van der Waals surface area contributed by atoms with Crippen LogP contribution in [0.3, 0.4) is 0 Å². The van der Waals surface area contributed by atoms with E-state index < -0.39 is 0 Å². The Balaban J connectivity index is 1.41. The summed E-state index contributed by atoms with van der Waals surface area (Å²) in [5, 5.41) is 3.52. The second kappa shape index (κ2) is 7.65. The summed E-state index contributed by atoms with van der Waals surface area (Å²) in [6.07, 6.45) is 8.17. The number of hydrogen-bond donors (Lipinski definition) is 1. The van der Waals surface area contributed by atoms with Crippen LogP contribution in [0.4, 0.5) is 11.6 Å². The molecule has 1 N–H and O–H groups in total. The molecule has 2 aliphatic heterocycles. The molecule has 148 valence electrons. The summed E-state index contributed by atoms with van der Waals surface area (Å²) in [7, 11) is 0. The van der Waals surface area contributed by atoms with Gasteiger partial charge in [0.05, 0.1) is 23.8 Å². The van der Waals surface area contributed by atoms with Gasteiger partial charge in [0.15, 0.2) is 0 Å². The van der Waals surface area contributed by atoms with Gasteiger partial charge in [0.25, 0.3) is 5.91 Å². The molecule has 29 heavy (non-hydrogen) atoms. The van der Waals surface area contributed by atoms with Crippen molar-refractivity contribution in [1.29, 1.82) is 0 Å². The van der Waals surface area contributed by atoms with Crippen molar-refractivity contribution in [3.63, 3.8) is 0 Å². The summed E-state index contributed by atoms with van der Waals surface area (Å²) in [6, 6.07) is 8.08. The SMILES string of the molecule is Cc1ccccc1Nc1ncc2c(n1)C1C=C(C(=O)N3CCOCC3)SC1C=C2. The minimum absolute atomic E-state index is 0.0837. The van der Waals surface area contributed by atoms with Gasteiger partial charge in [-0.15, -0.1) is 11.8 Å². The Hall–Kier alpha value is -2.64. The summed E-state index contributed by atoms with van der Waals surface area (Å²) in [4.78, 5) is 24.9. The van der Waals surface area contributed by atoms with E-state index in [2.05, 4.69) is 41.5 Å². The topological polar surface area (TPSA) is 67.4 Å². The molecule has 0 bridgehead atoms. The first-order chi connectivity index (χ1) is 14.2. The maximum absolute atomic E-state index is 12.9. The lowest BCUT2D eigenvalue weighted by atomic mass is 9.91. The summed E-state index contributed by atoms with van der Waals surface area (Å²) in [5.41, 5.74) is 4.12. The number of carbonyl (C=O) groups excluding carboxylic acids is 1. The zero-order valence-electron chi connectivity index (χ0n) is 16.2. The monoisotopic (exact) mass is 406 g/mol. The third-order valence-corrected chi connectivity index (χ3v) is 6.76. The number of anilines is 2. The molecule has 1 aromatic heterocycles. The van der Waals surface area contributed by atoms with Gasteiger partial charge >= 0.3 is 0 Å². The lowest BCUT2D eigenvalue weighted by molar-refractivity contribution is -0.130. The quantitative estimate of drug-likeness (QED) is 0.842. The van der Waals surface area contributed by atoms with Crippen LogP contribution in [0.25, 0.3) is 6.08 Å². The summed E-state index contributed by atoms with van der Waals surface area (Å²) >= 11 is 1.63. The predicted octanol–water partition coefficient (Wildman–Crippen LogP) is 3.50. The lowest BCUT2D eigenvalue weighted by Gasteiger charge is -2.27. The standard InChI is InChI=1S/C22H22N4O2S/c1-14-4-2-3-5-17(14)24-22-23-13-15-6-7-18-16(20(15)25-22)12-19(29-18)21(27)26-8-10-28-11-9-26/h2-7,12-13,16,18H,8-11H2,1H3,(H,23,24,25). The van der Waals surface area contributed by atoms with E-state index in [-0.39, 0.29) is 17.1 Å². The van der Waals surface area contributed by atoms with Crippen LogP contribution in [-0.4, -0.2) is 52.3 Å². The number of fused-ring (bicyclic) bond motifs is 3. The second-order valence-corrected chi connectivity index (χ2v) is 8.60. The Morgan fingerprint density at radius 1 is 1.28 bits per heavy atom. The van der Waals surface area contributed by atoms with E-state index in [1.807, 2.05) is 29.3 Å². The molecule has 1 aromatic carbocycles. The van der Waals surface area contributed by atoms with E-state index in [0.29, 0.717) is 32.3 Å². The van der Waals surface area contributed by atoms with Crippen LogP contribution in [0.15, 0.2) is 47.5 Å². The molecule has 1 amide bonds. The second-order valence-electron chi connectivity index (χ2n) is 7.38. The predicted molar refractivity (Wildman–Crippen MR) is 115 cm³/mol.